The lowest BCUT2D eigenvalue weighted by molar-refractivity contribution is 0.660. The van der Waals surface area contributed by atoms with Crippen molar-refractivity contribution in [2.45, 2.75) is 19.1 Å². The molecule has 0 unspecified atom stereocenters. The molecule has 0 saturated heterocycles. The molecule has 242 valence electrons. The van der Waals surface area contributed by atoms with Gasteiger partial charge < -0.3 is 9.32 Å². The molecular weight excluding hydrogens is 619 g/mol. The van der Waals surface area contributed by atoms with Crippen molar-refractivity contribution in [2.24, 2.45) is 0 Å². The Morgan fingerprint density at radius 2 is 1.10 bits per heavy atom. The third-order valence-electron chi connectivity index (χ3n) is 8.13. The van der Waals surface area contributed by atoms with Crippen LogP contribution in [0.3, 0.4) is 0 Å². The Morgan fingerprint density at radius 1 is 0.451 bits per heavy atom. The van der Waals surface area contributed by atoms with E-state index < -0.39 is 289 Å². The maximum atomic E-state index is 10.2. The monoisotopic (exact) mass is 688 g/mol. The molecule has 0 amide bonds. The minimum Gasteiger partial charge on any atom is -0.455 e. The lowest BCUT2D eigenvalue weighted by atomic mass is 9.82. The van der Waals surface area contributed by atoms with Gasteiger partial charge in [-0.25, -0.2) is 0 Å². The SMILES string of the molecule is [2H]c1c([2H])c([2H])c(-c2c([2H])c([2H])c([2H])c(N(c3c([2H])c([2H])c4c(c3[2H])C(C([2H])([2H])[2H])(C([2H])([2H])[2H])c3c([2H])c([2H])c([2H])c([2H])c3-4)c3c([2H])c([2H])c4oc5c6c([2H])c([2H])c([2H])c([2H])c6c(-c6c([2H])c([2H])c([2H])c([2H])c6[2H])c([2H])c5c4c3[2H])c2[2H])c([2H])c1[2H]. The maximum absolute atomic E-state index is 10.2. The van der Waals surface area contributed by atoms with Gasteiger partial charge >= 0.3 is 0 Å². The number of fused-ring (bicyclic) bond motifs is 8. The predicted molar refractivity (Wildman–Crippen MR) is 214 cm³/mol. The summed E-state index contributed by atoms with van der Waals surface area (Å²) in [6.45, 7) is -8.13. The highest BCUT2D eigenvalue weighted by molar-refractivity contribution is 6.19. The number of benzene rings is 8. The number of hydrogen-bond donors (Lipinski definition) is 0. The van der Waals surface area contributed by atoms with Crippen LogP contribution in [0, 0.1) is 0 Å². The van der Waals surface area contributed by atoms with Gasteiger partial charge in [0.2, 0.25) is 0 Å². The van der Waals surface area contributed by atoms with Crippen LogP contribution >= 0.6 is 0 Å². The van der Waals surface area contributed by atoms with E-state index in [4.69, 9.17) is 38.7 Å². The molecule has 0 fully saturated rings. The number of rotatable bonds is 5. The average Bonchev–Trinajstić information content (AvgIpc) is 1.48. The van der Waals surface area contributed by atoms with E-state index in [-0.39, 0.29) is 4.90 Å². The smallest absolute Gasteiger partial charge is 0.143 e. The zero-order valence-corrected chi connectivity index (χ0v) is 25.4. The highest BCUT2D eigenvalue weighted by atomic mass is 16.3. The Hall–Kier alpha value is -6.38. The molecule has 0 spiro atoms. The van der Waals surface area contributed by atoms with Gasteiger partial charge in [0.15, 0.2) is 0 Å². The third-order valence-corrected chi connectivity index (χ3v) is 8.13. The van der Waals surface area contributed by atoms with Crippen LogP contribution in [0.25, 0.3) is 66.1 Å². The van der Waals surface area contributed by atoms with Crippen LogP contribution in [0.2, 0.25) is 0 Å². The van der Waals surface area contributed by atoms with Gasteiger partial charge in [0, 0.05) is 46.9 Å². The van der Waals surface area contributed by atoms with E-state index in [9.17, 15) is 13.7 Å². The molecule has 1 heterocycles. The summed E-state index contributed by atoms with van der Waals surface area (Å²) in [6, 6.07) is -33.5. The molecule has 0 saturated carbocycles. The summed E-state index contributed by atoms with van der Waals surface area (Å²) < 4.78 is 323. The molecule has 51 heavy (non-hydrogen) atoms. The number of anilines is 3. The van der Waals surface area contributed by atoms with Gasteiger partial charge in [0.1, 0.15) is 11.2 Å². The minimum atomic E-state index is -4.06. The first-order valence-electron chi connectivity index (χ1n) is 32.3. The molecule has 1 aliphatic carbocycles. The van der Waals surface area contributed by atoms with E-state index in [1.807, 2.05) is 0 Å². The zero-order chi connectivity index (χ0) is 64.3. The summed E-state index contributed by atoms with van der Waals surface area (Å²) in [5, 5.41) is -3.07. The fourth-order valence-corrected chi connectivity index (χ4v) is 5.90. The molecule has 9 aromatic rings. The van der Waals surface area contributed by atoms with E-state index in [1.165, 1.54) is 0 Å². The van der Waals surface area contributed by atoms with E-state index >= 15 is 0 Å². The fourth-order valence-electron chi connectivity index (χ4n) is 5.90. The van der Waals surface area contributed by atoms with Gasteiger partial charge in [-0.15, -0.1) is 0 Å². The molecule has 1 aromatic heterocycles. The van der Waals surface area contributed by atoms with E-state index in [2.05, 4.69) is 0 Å². The first-order valence-corrected chi connectivity index (χ1v) is 14.8. The molecule has 0 bridgehead atoms. The average molecular weight is 689 g/mol. The van der Waals surface area contributed by atoms with Crippen molar-refractivity contribution in [1.29, 1.82) is 0 Å². The first-order chi connectivity index (χ1) is 39.6. The fraction of sp³-hybridized carbons (Fsp3) is 0.0612. The Morgan fingerprint density at radius 3 is 1.92 bits per heavy atom. The van der Waals surface area contributed by atoms with Crippen LogP contribution in [0.5, 0.6) is 0 Å². The largest absolute Gasteiger partial charge is 0.455 e. The lowest BCUT2D eigenvalue weighted by Crippen LogP contribution is -2.16. The molecule has 0 radical (unpaired) electrons. The van der Waals surface area contributed by atoms with Crippen molar-refractivity contribution in [3.63, 3.8) is 0 Å². The molecule has 0 N–H and O–H groups in total. The van der Waals surface area contributed by atoms with Crippen molar-refractivity contribution >= 4 is 49.8 Å². The van der Waals surface area contributed by atoms with Crippen LogP contribution in [0.1, 0.15) is 72.8 Å². The second-order valence-corrected chi connectivity index (χ2v) is 11.0. The van der Waals surface area contributed by atoms with Crippen molar-refractivity contribution < 1.29 is 52.4 Å². The van der Waals surface area contributed by atoms with Crippen LogP contribution in [-0.4, -0.2) is 0 Å². The van der Waals surface area contributed by atoms with Crippen LogP contribution in [-0.2, 0) is 5.41 Å². The summed E-state index contributed by atoms with van der Waals surface area (Å²) in [5.41, 5.74) is -17.9. The maximum Gasteiger partial charge on any atom is 0.143 e. The molecule has 2 heteroatoms. The summed E-state index contributed by atoms with van der Waals surface area (Å²) in [4.78, 5) is 0.181. The van der Waals surface area contributed by atoms with Crippen molar-refractivity contribution in [3.05, 3.63) is 186 Å². The predicted octanol–water partition coefficient (Wildman–Crippen LogP) is 13.8. The van der Waals surface area contributed by atoms with Crippen LogP contribution < -0.4 is 4.90 Å². The molecule has 2 nitrogen and oxygen atoms in total. The summed E-state index contributed by atoms with van der Waals surface area (Å²) >= 11 is 0. The van der Waals surface area contributed by atoms with E-state index in [1.54, 1.807) is 0 Å². The van der Waals surface area contributed by atoms with Crippen LogP contribution in [0.4, 0.5) is 17.1 Å². The van der Waals surface area contributed by atoms with Crippen LogP contribution in [0.15, 0.2) is 180 Å². The molecule has 8 aromatic carbocycles. The number of furan rings is 1. The second kappa shape index (κ2) is 11.3. The van der Waals surface area contributed by atoms with Crippen molar-refractivity contribution in [1.82, 2.24) is 0 Å². The van der Waals surface area contributed by atoms with Gasteiger partial charge in [-0.2, -0.15) is 0 Å². The highest BCUT2D eigenvalue weighted by Gasteiger charge is 2.35. The minimum absolute atomic E-state index is 0.181. The quantitative estimate of drug-likeness (QED) is 0.179. The lowest BCUT2D eigenvalue weighted by Gasteiger charge is -2.28. The molecule has 10 rings (SSSR count). The van der Waals surface area contributed by atoms with Gasteiger partial charge in [0.25, 0.3) is 0 Å². The summed E-state index contributed by atoms with van der Waals surface area (Å²) in [7, 11) is 0. The Kier molecular flexibility index (Phi) is 2.40. The summed E-state index contributed by atoms with van der Waals surface area (Å²) in [6.07, 6.45) is 0. The van der Waals surface area contributed by atoms with Gasteiger partial charge in [-0.05, 0) is 98.2 Å². The topological polar surface area (TPSA) is 16.4 Å². The zero-order valence-electron chi connectivity index (χ0n) is 60.4. The molecule has 1 aliphatic rings. The van der Waals surface area contributed by atoms with Gasteiger partial charge in [0.05, 0.1) is 39.8 Å². The molecule has 0 atom stereocenters. The third kappa shape index (κ3) is 4.64. The van der Waals surface area contributed by atoms with E-state index in [0.29, 0.717) is 0 Å². The Bertz CT molecular complexity index is 4600. The Labute approximate surface area is 347 Å². The second-order valence-electron chi connectivity index (χ2n) is 11.0. The Balaban J connectivity index is 1.52. The molecular formula is C49H35NO. The summed E-state index contributed by atoms with van der Waals surface area (Å²) in [5.74, 6) is 0. The van der Waals surface area contributed by atoms with Gasteiger partial charge in [-0.3, -0.25) is 0 Å². The van der Waals surface area contributed by atoms with Crippen molar-refractivity contribution in [2.75, 3.05) is 4.90 Å². The molecule has 0 aliphatic heterocycles. The van der Waals surface area contributed by atoms with Gasteiger partial charge in [-0.1, -0.05) is 141 Å². The van der Waals surface area contributed by atoms with E-state index in [0.717, 1.165) is 0 Å². The normalized spacial score (nSPS) is 23.3. The first kappa shape index (κ1) is 10.8. The van der Waals surface area contributed by atoms with Crippen molar-refractivity contribution in [3.8, 4) is 33.4 Å². The highest BCUT2D eigenvalue weighted by Crippen LogP contribution is 2.51. The standard InChI is InChI=1S/C49H35NO/c1-49(2)45-23-12-11-21-39(45)40-26-24-37(30-46(40)49)50(35-19-13-18-34(28-35)32-14-5-3-6-15-32)36-25-27-47-43(29-36)44-31-42(33-16-7-4-8-17-33)38-20-9-10-22-41(38)48(44)51-47/h3-31H,1-2H3/i1D3,2D3,3D,4D,5D,6D,7D,8D,9D,10D,11D,12D,13D,14D,15D,16D,17D,18D,19D,20D,21D,22D,23D,24D,25D,26D,27D,28D,29D,30D,31D. The number of nitrogens with zero attached hydrogens (tertiary/aromatic N) is 1. The number of hydrogen-bond acceptors (Lipinski definition) is 2.